The molecule has 7 rings (SSSR count). The number of imidazole rings is 1. The molecule has 2 amide bonds. The van der Waals surface area contributed by atoms with Gasteiger partial charge < -0.3 is 66.2 Å². The predicted octanol–water partition coefficient (Wildman–Crippen LogP) is 2.99. The molecule has 2 aromatic rings. The molecular weight excluding hydrogens is 1120 g/mol. The zero-order chi connectivity index (χ0) is 58.2. The number of thioether (sulfide) groups is 1. The fraction of sp³-hybridized carbons (Fsp3) is 0.792. The van der Waals surface area contributed by atoms with E-state index < -0.39 is 96.8 Å². The topological polar surface area (TPSA) is 424 Å². The Balaban J connectivity index is 0.781. The number of nitrogens with zero attached hydrogens (tertiary/aromatic N) is 4. The highest BCUT2D eigenvalue weighted by molar-refractivity contribution is 8.14. The average Bonchev–Trinajstić information content (AvgIpc) is 3.88. The van der Waals surface area contributed by atoms with Crippen LogP contribution in [0.5, 0.6) is 0 Å². The Kier molecular flexibility index (Phi) is 20.3. The number of ether oxygens (including phenoxy) is 1. The molecule has 27 nitrogen and oxygen atoms in total. The SMILES string of the molecule is CC(=CCCC(C)C1CCC2C3C(C[C@H](O)C12C)C1(C)CC[C@@H](O)C[C@H]1C[C@H]3O)C(=O)SCCNC(=O)CCNC(=O)C(O)C(C)(C)COP(=O)(O)OP(=O)(O)OC[C@H]1O[C@@H](n2cnc3c(N)ncnc32)[C@H](O)[C@@H]1OP(=O)(O)O. The van der Waals surface area contributed by atoms with Crippen LogP contribution in [0.1, 0.15) is 112 Å². The standard InChI is InChI=1S/C48H78N7O20P3S/c1-25(29-10-11-30-36-31(20-34(58)48(29,30)6)47(5)14-12-28(56)18-27(47)19-32(36)57)8-7-9-26(2)45(63)79-17-16-50-35(59)13-15-51-43(62)40(61)46(3,4)22-72-78(69,70)75-77(67,68)71-21-33-39(74-76(64,65)66)38(60)44(73-33)55-24-54-37-41(49)52-23-53-42(37)55/h9,23-25,27-34,36,38-40,44,56-58,60-61H,7-8,10-22H2,1-6H3,(H,50,59)(H,51,62)(H,67,68)(H,69,70)(H2,49,52,53)(H2,64,65,66)/t25?,27-,28+,29?,30?,31?,32+,33+,34-,36?,38+,39+,40?,44+,47?,48?/m0/s1. The molecule has 79 heavy (non-hydrogen) atoms. The minimum Gasteiger partial charge on any atom is -0.393 e. The Labute approximate surface area is 462 Å². The first-order valence-corrected chi connectivity index (χ1v) is 32.1. The molecule has 18 atom stereocenters. The molecule has 4 saturated carbocycles. The Hall–Kier alpha value is -2.82. The third-order valence-electron chi connectivity index (χ3n) is 17.7. The molecule has 446 valence electrons. The molecule has 1 saturated heterocycles. The number of fused-ring (bicyclic) bond motifs is 6. The van der Waals surface area contributed by atoms with Crippen molar-refractivity contribution >= 4 is 69.1 Å². The lowest BCUT2D eigenvalue weighted by Crippen LogP contribution is -2.62. The van der Waals surface area contributed by atoms with Crippen molar-refractivity contribution in [3.8, 4) is 0 Å². The van der Waals surface area contributed by atoms with Crippen molar-refractivity contribution in [2.75, 3.05) is 37.8 Å². The molecule has 31 heteroatoms. The second kappa shape index (κ2) is 25.2. The fourth-order valence-electron chi connectivity index (χ4n) is 13.4. The summed E-state index contributed by atoms with van der Waals surface area (Å²) in [6.45, 7) is 8.93. The first-order valence-electron chi connectivity index (χ1n) is 26.6. The monoisotopic (exact) mass is 1200 g/mol. The first kappa shape index (κ1) is 63.8. The lowest BCUT2D eigenvalue weighted by Gasteiger charge is -2.63. The number of amides is 2. The van der Waals surface area contributed by atoms with Gasteiger partial charge in [-0.15, -0.1) is 0 Å². The smallest absolute Gasteiger partial charge is 0.393 e. The summed E-state index contributed by atoms with van der Waals surface area (Å²) in [5, 5.41) is 60.6. The number of anilines is 1. The minimum atomic E-state index is -5.61. The number of phosphoric acid groups is 3. The van der Waals surface area contributed by atoms with E-state index in [1.54, 1.807) is 6.92 Å². The van der Waals surface area contributed by atoms with Crippen LogP contribution in [0.4, 0.5) is 5.82 Å². The highest BCUT2D eigenvalue weighted by atomic mass is 32.2. The van der Waals surface area contributed by atoms with E-state index in [1.807, 2.05) is 6.08 Å². The van der Waals surface area contributed by atoms with Crippen molar-refractivity contribution in [2.45, 2.75) is 155 Å². The van der Waals surface area contributed by atoms with Crippen molar-refractivity contribution in [3.05, 3.63) is 24.3 Å². The van der Waals surface area contributed by atoms with Crippen LogP contribution < -0.4 is 16.4 Å². The molecule has 1 aliphatic heterocycles. The van der Waals surface area contributed by atoms with Crippen molar-refractivity contribution < 1.29 is 95.8 Å². The molecule has 0 spiro atoms. The van der Waals surface area contributed by atoms with E-state index in [1.165, 1.54) is 13.8 Å². The van der Waals surface area contributed by atoms with Gasteiger partial charge in [0.15, 0.2) is 17.7 Å². The predicted molar refractivity (Wildman–Crippen MR) is 283 cm³/mol. The molecule has 0 radical (unpaired) electrons. The number of phosphoric ester groups is 3. The van der Waals surface area contributed by atoms with Crippen molar-refractivity contribution in [1.82, 2.24) is 30.2 Å². The highest BCUT2D eigenvalue weighted by Gasteiger charge is 2.66. The van der Waals surface area contributed by atoms with Gasteiger partial charge in [-0.1, -0.05) is 52.5 Å². The van der Waals surface area contributed by atoms with Gasteiger partial charge >= 0.3 is 23.5 Å². The summed E-state index contributed by atoms with van der Waals surface area (Å²) in [6.07, 6.45) is 0.951. The summed E-state index contributed by atoms with van der Waals surface area (Å²) in [5.41, 5.74) is 4.54. The van der Waals surface area contributed by atoms with Crippen molar-refractivity contribution in [3.63, 3.8) is 0 Å². The van der Waals surface area contributed by atoms with Crippen LogP contribution in [0.2, 0.25) is 0 Å². The van der Waals surface area contributed by atoms with Crippen molar-refractivity contribution in [1.29, 1.82) is 0 Å². The van der Waals surface area contributed by atoms with Crippen molar-refractivity contribution in [2.24, 2.45) is 51.8 Å². The lowest BCUT2D eigenvalue weighted by molar-refractivity contribution is -0.207. The van der Waals surface area contributed by atoms with Gasteiger partial charge in [-0.2, -0.15) is 4.31 Å². The van der Waals surface area contributed by atoms with Gasteiger partial charge in [0.1, 0.15) is 36.3 Å². The number of nitrogen functional groups attached to an aromatic ring is 1. The largest absolute Gasteiger partial charge is 0.481 e. The summed E-state index contributed by atoms with van der Waals surface area (Å²) in [6, 6.07) is 0. The number of hydrogen-bond donors (Lipinski definition) is 12. The molecule has 4 aliphatic carbocycles. The van der Waals surface area contributed by atoms with Crippen LogP contribution in [0.25, 0.3) is 11.2 Å². The summed E-state index contributed by atoms with van der Waals surface area (Å²) in [7, 11) is -16.5. The maximum Gasteiger partial charge on any atom is 0.481 e. The fourth-order valence-corrected chi connectivity index (χ4v) is 16.9. The second-order valence-corrected chi connectivity index (χ2v) is 28.5. The van der Waals surface area contributed by atoms with E-state index in [9.17, 15) is 73.2 Å². The van der Waals surface area contributed by atoms with Gasteiger partial charge in [-0.05, 0) is 117 Å². The Morgan fingerprint density at radius 3 is 2.39 bits per heavy atom. The van der Waals surface area contributed by atoms with Gasteiger partial charge in [-0.3, -0.25) is 32.5 Å². The molecule has 5 aliphatic rings. The van der Waals surface area contributed by atoms with Crippen LogP contribution in [0, 0.1) is 51.8 Å². The minimum absolute atomic E-state index is 0.00939. The third-order valence-corrected chi connectivity index (χ3v) is 21.7. The zero-order valence-electron chi connectivity index (χ0n) is 45.1. The normalized spacial score (nSPS) is 34.4. The summed E-state index contributed by atoms with van der Waals surface area (Å²) < 4.78 is 62.8. The van der Waals surface area contributed by atoms with Gasteiger partial charge in [-0.25, -0.2) is 28.6 Å². The summed E-state index contributed by atoms with van der Waals surface area (Å²) in [4.78, 5) is 89.8. The Morgan fingerprint density at radius 2 is 1.68 bits per heavy atom. The molecule has 2 aromatic heterocycles. The molecule has 13 N–H and O–H groups in total. The van der Waals surface area contributed by atoms with Crippen LogP contribution in [-0.2, 0) is 50.7 Å². The maximum absolute atomic E-state index is 13.0. The van der Waals surface area contributed by atoms with E-state index in [2.05, 4.69) is 55.2 Å². The second-order valence-electron chi connectivity index (χ2n) is 23.2. The lowest BCUT2D eigenvalue weighted by atomic mass is 9.43. The van der Waals surface area contributed by atoms with E-state index in [0.29, 0.717) is 24.8 Å². The molecule has 3 heterocycles. The molecule has 10 unspecified atom stereocenters. The Morgan fingerprint density at radius 1 is 0.975 bits per heavy atom. The zero-order valence-corrected chi connectivity index (χ0v) is 48.6. The molecule has 0 bridgehead atoms. The third kappa shape index (κ3) is 14.6. The van der Waals surface area contributed by atoms with Crippen LogP contribution in [0.3, 0.4) is 0 Å². The van der Waals surface area contributed by atoms with Crippen LogP contribution >= 0.6 is 35.2 Å². The summed E-state index contributed by atoms with van der Waals surface area (Å²) in [5.74, 6) is 0.199. The number of carbonyl (C=O) groups excluding carboxylic acids is 3. The van der Waals surface area contributed by atoms with Gasteiger partial charge in [0, 0.05) is 30.7 Å². The quantitative estimate of drug-likeness (QED) is 0.0408. The first-order chi connectivity index (χ1) is 36.8. The number of allylic oxidation sites excluding steroid dienone is 1. The number of nitrogens with two attached hydrogens (primary N) is 1. The van der Waals surface area contributed by atoms with Crippen LogP contribution in [-0.4, -0.2) is 156 Å². The Bertz CT molecular complexity index is 2700. The molecular formula is C48H78N7O20P3S. The molecule has 5 fully saturated rings. The van der Waals surface area contributed by atoms with Gasteiger partial charge in [0.25, 0.3) is 0 Å². The van der Waals surface area contributed by atoms with E-state index in [4.69, 9.17) is 19.5 Å². The number of rotatable bonds is 24. The summed E-state index contributed by atoms with van der Waals surface area (Å²) >= 11 is 1.06. The number of nitrogens with one attached hydrogen (secondary N) is 2. The van der Waals surface area contributed by atoms with Gasteiger partial charge in [0.2, 0.25) is 16.9 Å². The maximum atomic E-state index is 13.0. The number of aliphatic hydroxyl groups is 5. The van der Waals surface area contributed by atoms with E-state index in [-0.39, 0.29) is 99.8 Å². The van der Waals surface area contributed by atoms with E-state index >= 15 is 0 Å². The molecule has 0 aromatic carbocycles. The van der Waals surface area contributed by atoms with Crippen LogP contribution in [0.15, 0.2) is 24.3 Å². The number of aliphatic hydroxyl groups excluding tert-OH is 5. The highest BCUT2D eigenvalue weighted by Crippen LogP contribution is 2.68. The average molecular weight is 1200 g/mol. The number of hydrogen-bond acceptors (Lipinski definition) is 21. The van der Waals surface area contributed by atoms with Gasteiger partial charge in [0.05, 0.1) is 37.9 Å². The van der Waals surface area contributed by atoms with E-state index in [0.717, 1.165) is 67.5 Å². The number of carbonyl (C=O) groups is 3. The number of aromatic nitrogens is 4.